The van der Waals surface area contributed by atoms with Gasteiger partial charge >= 0.3 is 0 Å². The number of aromatic nitrogens is 4. The fraction of sp³-hybridized carbons (Fsp3) is 0.212. The molecule has 2 aromatic heterocycles. The van der Waals surface area contributed by atoms with Gasteiger partial charge in [0.15, 0.2) is 5.16 Å². The highest BCUT2D eigenvalue weighted by molar-refractivity contribution is 7.99. The second-order valence-corrected chi connectivity index (χ2v) is 11.6. The predicted molar refractivity (Wildman–Crippen MR) is 170 cm³/mol. The third-order valence-corrected chi connectivity index (χ3v) is 8.02. The van der Waals surface area contributed by atoms with E-state index < -0.39 is 0 Å². The van der Waals surface area contributed by atoms with Crippen molar-refractivity contribution < 1.29 is 4.79 Å². The smallest absolute Gasteiger partial charge is 0.228 e. The second-order valence-electron chi connectivity index (χ2n) is 10.5. The first-order valence-electron chi connectivity index (χ1n) is 14.0. The van der Waals surface area contributed by atoms with Crippen LogP contribution in [0.25, 0.3) is 22.6 Å². The van der Waals surface area contributed by atoms with Crippen molar-refractivity contribution in [3.63, 3.8) is 0 Å². The number of thioether (sulfide) groups is 1. The molecule has 5 aromatic rings. The van der Waals surface area contributed by atoms with Gasteiger partial charge in [0.05, 0.1) is 23.5 Å². The van der Waals surface area contributed by atoms with Gasteiger partial charge in [-0.3, -0.25) is 4.79 Å². The van der Waals surface area contributed by atoms with Crippen molar-refractivity contribution in [1.82, 2.24) is 24.4 Å². The standard InChI is InChI=1S/C33H33N7OS/c1-39(2)18-16-23-11-13-26(14-12-23)36-32-34-17-15-28(37-32)31-30(38-33-40(31)19-20-42-33)25-9-6-10-27(22-25)35-29(41)21-24-7-4-3-5-8-24/h3-15,17,22H,16,18-21H2,1-2H3,(H,35,41)(H,34,36,37). The third kappa shape index (κ3) is 6.53. The Balaban J connectivity index is 1.24. The second kappa shape index (κ2) is 12.6. The normalized spacial score (nSPS) is 12.4. The Bertz CT molecular complexity index is 1680. The fourth-order valence-electron chi connectivity index (χ4n) is 4.96. The number of amides is 1. The highest BCUT2D eigenvalue weighted by Gasteiger charge is 2.25. The van der Waals surface area contributed by atoms with E-state index in [1.807, 2.05) is 60.7 Å². The monoisotopic (exact) mass is 575 g/mol. The molecule has 42 heavy (non-hydrogen) atoms. The lowest BCUT2D eigenvalue weighted by Gasteiger charge is -2.12. The summed E-state index contributed by atoms with van der Waals surface area (Å²) in [5.74, 6) is 1.45. The van der Waals surface area contributed by atoms with Crippen molar-refractivity contribution >= 4 is 35.0 Å². The zero-order valence-corrected chi connectivity index (χ0v) is 24.6. The summed E-state index contributed by atoms with van der Waals surface area (Å²) in [6.45, 7) is 1.87. The van der Waals surface area contributed by atoms with Gasteiger partial charge in [0, 0.05) is 42.0 Å². The first-order chi connectivity index (χ1) is 20.5. The molecule has 1 aliphatic rings. The molecule has 3 heterocycles. The number of imidazole rings is 1. The summed E-state index contributed by atoms with van der Waals surface area (Å²) in [5.41, 5.74) is 7.45. The molecule has 0 spiro atoms. The van der Waals surface area contributed by atoms with E-state index in [0.717, 1.165) is 70.0 Å². The number of carbonyl (C=O) groups is 1. The largest absolute Gasteiger partial charge is 0.326 e. The lowest BCUT2D eigenvalue weighted by atomic mass is 10.1. The van der Waals surface area contributed by atoms with Crippen LogP contribution >= 0.6 is 11.8 Å². The summed E-state index contributed by atoms with van der Waals surface area (Å²) >= 11 is 1.74. The first-order valence-corrected chi connectivity index (χ1v) is 15.0. The van der Waals surface area contributed by atoms with Crippen molar-refractivity contribution in [3.05, 3.63) is 102 Å². The van der Waals surface area contributed by atoms with Gasteiger partial charge in [-0.05, 0) is 62.0 Å². The molecule has 8 nitrogen and oxygen atoms in total. The maximum atomic E-state index is 12.7. The van der Waals surface area contributed by atoms with Gasteiger partial charge in [-0.2, -0.15) is 0 Å². The van der Waals surface area contributed by atoms with Crippen molar-refractivity contribution in [3.8, 4) is 22.6 Å². The zero-order chi connectivity index (χ0) is 28.9. The SMILES string of the molecule is CN(C)CCc1ccc(Nc2nccc(-c3c(-c4cccc(NC(=O)Cc5ccccc5)c4)nc4n3CCS4)n2)cc1. The van der Waals surface area contributed by atoms with Crippen LogP contribution in [0.3, 0.4) is 0 Å². The summed E-state index contributed by atoms with van der Waals surface area (Å²) in [7, 11) is 4.17. The summed E-state index contributed by atoms with van der Waals surface area (Å²) in [5, 5.41) is 7.38. The van der Waals surface area contributed by atoms with Gasteiger partial charge < -0.3 is 20.1 Å². The molecular weight excluding hydrogens is 542 g/mol. The Morgan fingerprint density at radius 3 is 2.57 bits per heavy atom. The number of fused-ring (bicyclic) bond motifs is 1. The summed E-state index contributed by atoms with van der Waals surface area (Å²) in [6.07, 6.45) is 3.10. The minimum absolute atomic E-state index is 0.0567. The van der Waals surface area contributed by atoms with E-state index in [0.29, 0.717) is 12.4 Å². The van der Waals surface area contributed by atoms with Gasteiger partial charge in [0.2, 0.25) is 11.9 Å². The predicted octanol–water partition coefficient (Wildman–Crippen LogP) is 6.14. The van der Waals surface area contributed by atoms with E-state index in [2.05, 4.69) is 63.4 Å². The topological polar surface area (TPSA) is 88.0 Å². The maximum absolute atomic E-state index is 12.7. The third-order valence-electron chi connectivity index (χ3n) is 7.06. The summed E-state index contributed by atoms with van der Waals surface area (Å²) < 4.78 is 2.23. The number of nitrogens with one attached hydrogen (secondary N) is 2. The van der Waals surface area contributed by atoms with Gasteiger partial charge in [0.1, 0.15) is 0 Å². The van der Waals surface area contributed by atoms with Gasteiger partial charge in [-0.15, -0.1) is 0 Å². The van der Waals surface area contributed by atoms with Crippen LogP contribution in [0.5, 0.6) is 0 Å². The van der Waals surface area contributed by atoms with Crippen molar-refractivity contribution in [2.24, 2.45) is 0 Å². The molecular formula is C33H33N7OS. The molecule has 0 fully saturated rings. The van der Waals surface area contributed by atoms with Crippen LogP contribution in [0.15, 0.2) is 96.3 Å². The van der Waals surface area contributed by atoms with Crippen LogP contribution in [0.1, 0.15) is 11.1 Å². The maximum Gasteiger partial charge on any atom is 0.228 e. The quantitative estimate of drug-likeness (QED) is 0.207. The number of likely N-dealkylation sites (N-methyl/N-ethyl adjacent to an activating group) is 1. The zero-order valence-electron chi connectivity index (χ0n) is 23.7. The molecule has 212 valence electrons. The molecule has 1 aliphatic heterocycles. The Morgan fingerprint density at radius 2 is 1.76 bits per heavy atom. The molecule has 0 unspecified atom stereocenters. The number of rotatable bonds is 10. The first kappa shape index (κ1) is 27.7. The molecule has 0 aliphatic carbocycles. The number of benzene rings is 3. The molecule has 0 radical (unpaired) electrons. The van der Waals surface area contributed by atoms with E-state index in [1.165, 1.54) is 5.56 Å². The number of nitrogens with zero attached hydrogens (tertiary/aromatic N) is 5. The van der Waals surface area contributed by atoms with Crippen LogP contribution < -0.4 is 10.6 Å². The van der Waals surface area contributed by atoms with Gasteiger partial charge in [-0.25, -0.2) is 15.0 Å². The molecule has 9 heteroatoms. The summed E-state index contributed by atoms with van der Waals surface area (Å²) in [6, 6.07) is 27.9. The highest BCUT2D eigenvalue weighted by atomic mass is 32.2. The molecule has 2 N–H and O–H groups in total. The minimum atomic E-state index is -0.0567. The molecule has 1 amide bonds. The van der Waals surface area contributed by atoms with E-state index in [1.54, 1.807) is 18.0 Å². The number of anilines is 3. The minimum Gasteiger partial charge on any atom is -0.326 e. The Hall–Kier alpha value is -4.47. The number of hydrogen-bond donors (Lipinski definition) is 2. The van der Waals surface area contributed by atoms with Crippen molar-refractivity contribution in [1.29, 1.82) is 0 Å². The average Bonchev–Trinajstić information content (AvgIpc) is 3.59. The fourth-order valence-corrected chi connectivity index (χ4v) is 5.91. The van der Waals surface area contributed by atoms with E-state index in [-0.39, 0.29) is 5.91 Å². The summed E-state index contributed by atoms with van der Waals surface area (Å²) in [4.78, 5) is 29.3. The molecule has 0 saturated carbocycles. The van der Waals surface area contributed by atoms with Crippen LogP contribution in [-0.4, -0.2) is 56.7 Å². The van der Waals surface area contributed by atoms with Crippen LogP contribution in [0.4, 0.5) is 17.3 Å². The lowest BCUT2D eigenvalue weighted by molar-refractivity contribution is -0.115. The van der Waals surface area contributed by atoms with E-state index in [4.69, 9.17) is 9.97 Å². The van der Waals surface area contributed by atoms with Gasteiger partial charge in [-0.1, -0.05) is 66.4 Å². The number of carbonyl (C=O) groups excluding carboxylic acids is 1. The molecule has 3 aromatic carbocycles. The van der Waals surface area contributed by atoms with Crippen LogP contribution in [0.2, 0.25) is 0 Å². The Morgan fingerprint density at radius 1 is 0.929 bits per heavy atom. The van der Waals surface area contributed by atoms with Gasteiger partial charge in [0.25, 0.3) is 0 Å². The molecule has 6 rings (SSSR count). The van der Waals surface area contributed by atoms with Crippen molar-refractivity contribution in [2.45, 2.75) is 24.5 Å². The molecule has 0 atom stereocenters. The molecule has 0 bridgehead atoms. The van der Waals surface area contributed by atoms with Crippen LogP contribution in [-0.2, 0) is 24.2 Å². The average molecular weight is 576 g/mol. The van der Waals surface area contributed by atoms with Crippen LogP contribution in [0, 0.1) is 0 Å². The number of hydrogen-bond acceptors (Lipinski definition) is 7. The van der Waals surface area contributed by atoms with Crippen molar-refractivity contribution in [2.75, 3.05) is 37.0 Å². The van der Waals surface area contributed by atoms with E-state index in [9.17, 15) is 4.79 Å². The van der Waals surface area contributed by atoms with E-state index >= 15 is 0 Å². The Labute approximate surface area is 250 Å². The Kier molecular flexibility index (Phi) is 8.30. The molecule has 0 saturated heterocycles. The highest BCUT2D eigenvalue weighted by Crippen LogP contribution is 2.39. The lowest BCUT2D eigenvalue weighted by Crippen LogP contribution is -2.14.